The number of nitrogens with one attached hydrogen (secondary N) is 1. The van der Waals surface area contributed by atoms with Crippen LogP contribution in [0.15, 0.2) is 34.3 Å². The van der Waals surface area contributed by atoms with E-state index in [-0.39, 0.29) is 11.4 Å². The molecule has 0 aliphatic carbocycles. The lowest BCUT2D eigenvalue weighted by molar-refractivity contribution is -0.119. The van der Waals surface area contributed by atoms with E-state index in [4.69, 9.17) is 4.42 Å². The van der Waals surface area contributed by atoms with E-state index >= 15 is 0 Å². The summed E-state index contributed by atoms with van der Waals surface area (Å²) >= 11 is 1.36. The Hall–Kier alpha value is -1.76. The molecule has 2 aromatic rings. The van der Waals surface area contributed by atoms with Crippen molar-refractivity contribution in [3.63, 3.8) is 0 Å². The van der Waals surface area contributed by atoms with Gasteiger partial charge in [0, 0.05) is 5.54 Å². The molecule has 0 saturated heterocycles. The second-order valence-electron chi connectivity index (χ2n) is 5.41. The quantitative estimate of drug-likeness (QED) is 0.853. The SMILES string of the molecule is CC(C)(C)NC(=O)CSc1nncn1Cc1ccco1. The minimum Gasteiger partial charge on any atom is -0.467 e. The molecule has 0 atom stereocenters. The van der Waals surface area contributed by atoms with Crippen LogP contribution in [0.25, 0.3) is 0 Å². The van der Waals surface area contributed by atoms with E-state index in [1.165, 1.54) is 11.8 Å². The number of furan rings is 1. The predicted octanol–water partition coefficient (Wildman–Crippen LogP) is 1.93. The highest BCUT2D eigenvalue weighted by Crippen LogP contribution is 2.16. The number of rotatable bonds is 5. The van der Waals surface area contributed by atoms with Crippen LogP contribution in [0, 0.1) is 0 Å². The number of amides is 1. The van der Waals surface area contributed by atoms with Gasteiger partial charge in [0.15, 0.2) is 5.16 Å². The third-order valence-corrected chi connectivity index (χ3v) is 3.31. The van der Waals surface area contributed by atoms with Gasteiger partial charge in [-0.3, -0.25) is 4.79 Å². The van der Waals surface area contributed by atoms with Crippen LogP contribution >= 0.6 is 11.8 Å². The van der Waals surface area contributed by atoms with E-state index in [2.05, 4.69) is 15.5 Å². The number of hydrogen-bond donors (Lipinski definition) is 1. The molecule has 0 spiro atoms. The highest BCUT2D eigenvalue weighted by Gasteiger charge is 2.15. The molecule has 2 aromatic heterocycles. The molecular weight excluding hydrogens is 276 g/mol. The molecule has 6 nitrogen and oxygen atoms in total. The van der Waals surface area contributed by atoms with Gasteiger partial charge in [0.2, 0.25) is 5.91 Å². The standard InChI is InChI=1S/C13H18N4O2S/c1-13(2,3)15-11(18)8-20-12-16-14-9-17(12)7-10-5-4-6-19-10/h4-6,9H,7-8H2,1-3H3,(H,15,18). The van der Waals surface area contributed by atoms with Gasteiger partial charge in [0.25, 0.3) is 0 Å². The van der Waals surface area contributed by atoms with Crippen LogP contribution in [0.4, 0.5) is 0 Å². The molecule has 108 valence electrons. The van der Waals surface area contributed by atoms with Crippen LogP contribution < -0.4 is 5.32 Å². The number of carbonyl (C=O) groups is 1. The monoisotopic (exact) mass is 294 g/mol. The fraction of sp³-hybridized carbons (Fsp3) is 0.462. The molecule has 0 saturated carbocycles. The van der Waals surface area contributed by atoms with Gasteiger partial charge in [0.05, 0.1) is 18.6 Å². The molecule has 0 aromatic carbocycles. The number of carbonyl (C=O) groups excluding carboxylic acids is 1. The van der Waals surface area contributed by atoms with Gasteiger partial charge in [-0.25, -0.2) is 0 Å². The maximum Gasteiger partial charge on any atom is 0.230 e. The lowest BCUT2D eigenvalue weighted by Gasteiger charge is -2.20. The summed E-state index contributed by atoms with van der Waals surface area (Å²) in [5, 5.41) is 11.5. The summed E-state index contributed by atoms with van der Waals surface area (Å²) in [5.74, 6) is 1.12. The fourth-order valence-corrected chi connectivity index (χ4v) is 2.33. The van der Waals surface area contributed by atoms with Crippen molar-refractivity contribution in [2.75, 3.05) is 5.75 Å². The molecule has 2 rings (SSSR count). The summed E-state index contributed by atoms with van der Waals surface area (Å²) in [5.41, 5.74) is -0.223. The molecule has 7 heteroatoms. The van der Waals surface area contributed by atoms with Crippen molar-refractivity contribution in [3.8, 4) is 0 Å². The van der Waals surface area contributed by atoms with Crippen molar-refractivity contribution >= 4 is 17.7 Å². The Balaban J connectivity index is 1.91. The van der Waals surface area contributed by atoms with Crippen molar-refractivity contribution in [1.29, 1.82) is 0 Å². The number of nitrogens with zero attached hydrogens (tertiary/aromatic N) is 3. The first-order chi connectivity index (χ1) is 9.44. The smallest absolute Gasteiger partial charge is 0.230 e. The van der Waals surface area contributed by atoms with Gasteiger partial charge in [0.1, 0.15) is 12.1 Å². The minimum atomic E-state index is -0.223. The first-order valence-electron chi connectivity index (χ1n) is 6.28. The average molecular weight is 294 g/mol. The minimum absolute atomic E-state index is 0.0185. The molecule has 0 aliphatic heterocycles. The lowest BCUT2D eigenvalue weighted by atomic mass is 10.1. The van der Waals surface area contributed by atoms with Crippen molar-refractivity contribution in [2.45, 2.75) is 38.0 Å². The zero-order chi connectivity index (χ0) is 14.6. The third-order valence-electron chi connectivity index (χ3n) is 2.33. The van der Waals surface area contributed by atoms with Crippen LogP contribution in [-0.4, -0.2) is 32.0 Å². The normalized spacial score (nSPS) is 11.6. The summed E-state index contributed by atoms with van der Waals surface area (Å²) in [4.78, 5) is 11.8. The zero-order valence-corrected chi connectivity index (χ0v) is 12.6. The van der Waals surface area contributed by atoms with Gasteiger partial charge in [-0.05, 0) is 32.9 Å². The Morgan fingerprint density at radius 3 is 2.95 bits per heavy atom. The molecule has 2 heterocycles. The topological polar surface area (TPSA) is 73.0 Å². The molecule has 20 heavy (non-hydrogen) atoms. The molecule has 1 amide bonds. The Kier molecular flexibility index (Phi) is 4.49. The van der Waals surface area contributed by atoms with E-state index in [9.17, 15) is 4.79 Å². The summed E-state index contributed by atoms with van der Waals surface area (Å²) < 4.78 is 7.14. The highest BCUT2D eigenvalue weighted by molar-refractivity contribution is 7.99. The van der Waals surface area contributed by atoms with Crippen molar-refractivity contribution in [1.82, 2.24) is 20.1 Å². The maximum absolute atomic E-state index is 11.8. The van der Waals surface area contributed by atoms with E-state index < -0.39 is 0 Å². The van der Waals surface area contributed by atoms with Crippen LogP contribution in [0.1, 0.15) is 26.5 Å². The van der Waals surface area contributed by atoms with E-state index in [0.29, 0.717) is 17.5 Å². The van der Waals surface area contributed by atoms with Crippen LogP contribution in [0.3, 0.4) is 0 Å². The summed E-state index contributed by atoms with van der Waals surface area (Å²) in [6.07, 6.45) is 3.26. The number of thioether (sulfide) groups is 1. The molecule has 1 N–H and O–H groups in total. The maximum atomic E-state index is 11.8. The number of hydrogen-bond acceptors (Lipinski definition) is 5. The zero-order valence-electron chi connectivity index (χ0n) is 11.8. The Labute approximate surface area is 121 Å². The predicted molar refractivity (Wildman–Crippen MR) is 76.5 cm³/mol. The van der Waals surface area contributed by atoms with Gasteiger partial charge in [-0.15, -0.1) is 10.2 Å². The van der Waals surface area contributed by atoms with Crippen molar-refractivity contribution < 1.29 is 9.21 Å². The molecule has 0 bridgehead atoms. The van der Waals surface area contributed by atoms with Crippen LogP contribution in [-0.2, 0) is 11.3 Å². The largest absolute Gasteiger partial charge is 0.467 e. The number of aromatic nitrogens is 3. The molecule has 0 radical (unpaired) electrons. The Morgan fingerprint density at radius 1 is 1.50 bits per heavy atom. The first kappa shape index (κ1) is 14.6. The lowest BCUT2D eigenvalue weighted by Crippen LogP contribution is -2.41. The second kappa shape index (κ2) is 6.13. The fourth-order valence-electron chi connectivity index (χ4n) is 1.62. The summed E-state index contributed by atoms with van der Waals surface area (Å²) in [7, 11) is 0. The Morgan fingerprint density at radius 2 is 2.30 bits per heavy atom. The van der Waals surface area contributed by atoms with Crippen molar-refractivity contribution in [2.24, 2.45) is 0 Å². The second-order valence-corrected chi connectivity index (χ2v) is 6.35. The van der Waals surface area contributed by atoms with E-state index in [1.807, 2.05) is 37.5 Å². The van der Waals surface area contributed by atoms with Crippen LogP contribution in [0.5, 0.6) is 0 Å². The first-order valence-corrected chi connectivity index (χ1v) is 7.26. The van der Waals surface area contributed by atoms with Crippen molar-refractivity contribution in [3.05, 3.63) is 30.5 Å². The van der Waals surface area contributed by atoms with E-state index in [1.54, 1.807) is 12.6 Å². The van der Waals surface area contributed by atoms with Gasteiger partial charge in [-0.2, -0.15) is 0 Å². The van der Waals surface area contributed by atoms with Gasteiger partial charge < -0.3 is 14.3 Å². The third kappa shape index (κ3) is 4.41. The van der Waals surface area contributed by atoms with Gasteiger partial charge in [-0.1, -0.05) is 11.8 Å². The molecule has 0 fully saturated rings. The summed E-state index contributed by atoms with van der Waals surface area (Å²) in [6, 6.07) is 3.73. The van der Waals surface area contributed by atoms with Gasteiger partial charge >= 0.3 is 0 Å². The Bertz CT molecular complexity index is 557. The molecule has 0 unspecified atom stereocenters. The summed E-state index contributed by atoms with van der Waals surface area (Å²) in [6.45, 7) is 6.42. The average Bonchev–Trinajstić information content (AvgIpc) is 2.96. The molecule has 0 aliphatic rings. The van der Waals surface area contributed by atoms with E-state index in [0.717, 1.165) is 5.76 Å². The van der Waals surface area contributed by atoms with Crippen LogP contribution in [0.2, 0.25) is 0 Å². The highest BCUT2D eigenvalue weighted by atomic mass is 32.2. The molecular formula is C13H18N4O2S.